The van der Waals surface area contributed by atoms with E-state index in [-0.39, 0.29) is 17.8 Å². The van der Waals surface area contributed by atoms with Crippen LogP contribution in [0.2, 0.25) is 0 Å². The molecule has 2 aliphatic rings. The van der Waals surface area contributed by atoms with Gasteiger partial charge in [0.15, 0.2) is 0 Å². The molecule has 1 unspecified atom stereocenters. The van der Waals surface area contributed by atoms with E-state index in [1.165, 1.54) is 5.56 Å². The predicted octanol–water partition coefficient (Wildman–Crippen LogP) is 2.85. The average Bonchev–Trinajstić information content (AvgIpc) is 2.26. The molecule has 96 valence electrons. The molecule has 3 nitrogen and oxygen atoms in total. The van der Waals surface area contributed by atoms with Crippen molar-refractivity contribution in [2.45, 2.75) is 43.9 Å². The number of aliphatic carboxylic acids is 1. The number of aromatic hydroxyl groups is 1. The number of phenolic OH excluding ortho intramolecular Hbond substituents is 1. The first-order chi connectivity index (χ1) is 8.63. The number of fused-ring (bicyclic) bond motifs is 2. The molecule has 1 fully saturated rings. The number of carboxylic acid groups (broad SMARTS) is 1. The van der Waals surface area contributed by atoms with Crippen molar-refractivity contribution in [2.24, 2.45) is 5.92 Å². The summed E-state index contributed by atoms with van der Waals surface area (Å²) in [6, 6.07) is 5.70. The maximum absolute atomic E-state index is 11.0. The van der Waals surface area contributed by atoms with Gasteiger partial charge in [0.05, 0.1) is 0 Å². The van der Waals surface area contributed by atoms with Gasteiger partial charge in [-0.25, -0.2) is 0 Å². The van der Waals surface area contributed by atoms with Crippen LogP contribution in [0.4, 0.5) is 0 Å². The molecule has 0 radical (unpaired) electrons. The van der Waals surface area contributed by atoms with Crippen molar-refractivity contribution in [3.63, 3.8) is 0 Å². The van der Waals surface area contributed by atoms with Gasteiger partial charge >= 0.3 is 5.97 Å². The maximum atomic E-state index is 11.0. The number of hydrogen-bond acceptors (Lipinski definition) is 2. The van der Waals surface area contributed by atoms with E-state index in [1.54, 1.807) is 6.07 Å². The highest BCUT2D eigenvalue weighted by Gasteiger charge is 2.50. The van der Waals surface area contributed by atoms with Crippen molar-refractivity contribution < 1.29 is 15.0 Å². The zero-order chi connectivity index (χ0) is 12.8. The minimum absolute atomic E-state index is 0.0582. The Morgan fingerprint density at radius 1 is 1.39 bits per heavy atom. The molecule has 0 heterocycles. The van der Waals surface area contributed by atoms with Crippen molar-refractivity contribution >= 4 is 5.97 Å². The largest absolute Gasteiger partial charge is 0.508 e. The Morgan fingerprint density at radius 3 is 2.78 bits per heavy atom. The lowest BCUT2D eigenvalue weighted by Gasteiger charge is -2.51. The minimum Gasteiger partial charge on any atom is -0.508 e. The fourth-order valence-corrected chi connectivity index (χ4v) is 3.90. The van der Waals surface area contributed by atoms with E-state index >= 15 is 0 Å². The number of hydrogen-bond donors (Lipinski definition) is 2. The molecular weight excluding hydrogens is 228 g/mol. The SMILES string of the molecule is O=C(O)CC1CCc2cccc(O)c2C12CCC2. The summed E-state index contributed by atoms with van der Waals surface area (Å²) >= 11 is 0. The number of carbonyl (C=O) groups is 1. The van der Waals surface area contributed by atoms with E-state index in [2.05, 4.69) is 6.07 Å². The molecule has 0 saturated heterocycles. The van der Waals surface area contributed by atoms with Crippen molar-refractivity contribution in [1.29, 1.82) is 0 Å². The molecule has 1 atom stereocenters. The van der Waals surface area contributed by atoms with Crippen LogP contribution >= 0.6 is 0 Å². The summed E-state index contributed by atoms with van der Waals surface area (Å²) in [4.78, 5) is 11.0. The smallest absolute Gasteiger partial charge is 0.303 e. The van der Waals surface area contributed by atoms with Gasteiger partial charge in [-0.05, 0) is 43.2 Å². The normalized spacial score (nSPS) is 24.3. The third-order valence-corrected chi connectivity index (χ3v) is 4.84. The van der Waals surface area contributed by atoms with Gasteiger partial charge in [-0.2, -0.15) is 0 Å². The fourth-order valence-electron chi connectivity index (χ4n) is 3.90. The van der Waals surface area contributed by atoms with Gasteiger partial charge in [-0.3, -0.25) is 4.79 Å². The summed E-state index contributed by atoms with van der Waals surface area (Å²) < 4.78 is 0. The van der Waals surface area contributed by atoms with Gasteiger partial charge in [0.25, 0.3) is 0 Å². The van der Waals surface area contributed by atoms with Gasteiger partial charge in [-0.1, -0.05) is 18.6 Å². The Bertz CT molecular complexity index is 489. The Labute approximate surface area is 106 Å². The molecular formula is C15H18O3. The molecule has 0 aliphatic heterocycles. The minimum atomic E-state index is -0.717. The van der Waals surface area contributed by atoms with E-state index in [4.69, 9.17) is 5.11 Å². The second-order valence-corrected chi connectivity index (χ2v) is 5.65. The van der Waals surface area contributed by atoms with E-state index in [1.807, 2.05) is 6.07 Å². The highest BCUT2D eigenvalue weighted by molar-refractivity contribution is 5.68. The van der Waals surface area contributed by atoms with Crippen molar-refractivity contribution in [3.8, 4) is 5.75 Å². The summed E-state index contributed by atoms with van der Waals surface area (Å²) in [5.41, 5.74) is 2.21. The molecule has 1 aromatic carbocycles. The summed E-state index contributed by atoms with van der Waals surface area (Å²) in [7, 11) is 0. The van der Waals surface area contributed by atoms with Crippen LogP contribution in [0, 0.1) is 5.92 Å². The molecule has 0 amide bonds. The molecule has 1 saturated carbocycles. The van der Waals surface area contributed by atoms with E-state index in [9.17, 15) is 9.90 Å². The topological polar surface area (TPSA) is 57.5 Å². The second-order valence-electron chi connectivity index (χ2n) is 5.65. The fraction of sp³-hybridized carbons (Fsp3) is 0.533. The van der Waals surface area contributed by atoms with Crippen LogP contribution in [-0.2, 0) is 16.6 Å². The lowest BCUT2D eigenvalue weighted by molar-refractivity contribution is -0.139. The third-order valence-electron chi connectivity index (χ3n) is 4.84. The molecule has 1 aromatic rings. The Kier molecular flexibility index (Phi) is 2.58. The van der Waals surface area contributed by atoms with Crippen LogP contribution in [0.15, 0.2) is 18.2 Å². The van der Waals surface area contributed by atoms with E-state index in [0.717, 1.165) is 37.7 Å². The number of benzene rings is 1. The maximum Gasteiger partial charge on any atom is 0.303 e. The zero-order valence-corrected chi connectivity index (χ0v) is 10.4. The number of phenols is 1. The van der Waals surface area contributed by atoms with E-state index < -0.39 is 5.97 Å². The van der Waals surface area contributed by atoms with Crippen molar-refractivity contribution in [1.82, 2.24) is 0 Å². The monoisotopic (exact) mass is 246 g/mol. The van der Waals surface area contributed by atoms with Crippen LogP contribution in [0.1, 0.15) is 43.2 Å². The Hall–Kier alpha value is -1.51. The van der Waals surface area contributed by atoms with Crippen LogP contribution in [-0.4, -0.2) is 16.2 Å². The Balaban J connectivity index is 2.05. The second kappa shape index (κ2) is 4.01. The molecule has 2 aliphatic carbocycles. The molecule has 3 rings (SSSR count). The van der Waals surface area contributed by atoms with Crippen molar-refractivity contribution in [2.75, 3.05) is 0 Å². The quantitative estimate of drug-likeness (QED) is 0.843. The van der Waals surface area contributed by atoms with Gasteiger partial charge in [0, 0.05) is 17.4 Å². The van der Waals surface area contributed by atoms with Gasteiger partial charge < -0.3 is 10.2 Å². The van der Waals surface area contributed by atoms with Crippen LogP contribution in [0.3, 0.4) is 0 Å². The highest BCUT2D eigenvalue weighted by Crippen LogP contribution is 2.57. The van der Waals surface area contributed by atoms with Crippen molar-refractivity contribution in [3.05, 3.63) is 29.3 Å². The van der Waals surface area contributed by atoms with Crippen LogP contribution in [0.5, 0.6) is 5.75 Å². The molecule has 3 heteroatoms. The summed E-state index contributed by atoms with van der Waals surface area (Å²) in [5, 5.41) is 19.2. The van der Waals surface area contributed by atoms with Crippen LogP contribution < -0.4 is 0 Å². The zero-order valence-electron chi connectivity index (χ0n) is 10.4. The van der Waals surface area contributed by atoms with E-state index in [0.29, 0.717) is 5.75 Å². The summed E-state index contributed by atoms with van der Waals surface area (Å²) in [5.74, 6) is -0.169. The average molecular weight is 246 g/mol. The standard InChI is InChI=1S/C15H18O3/c16-12-4-1-3-10-5-6-11(9-13(17)18)15(14(10)12)7-2-8-15/h1,3-4,11,16H,2,5-9H2,(H,17,18). The number of carboxylic acids is 1. The summed E-state index contributed by atoms with van der Waals surface area (Å²) in [6.45, 7) is 0. The summed E-state index contributed by atoms with van der Waals surface area (Å²) in [6.07, 6.45) is 5.24. The highest BCUT2D eigenvalue weighted by atomic mass is 16.4. The van der Waals surface area contributed by atoms with Gasteiger partial charge in [-0.15, -0.1) is 0 Å². The Morgan fingerprint density at radius 2 is 2.17 bits per heavy atom. The lowest BCUT2D eigenvalue weighted by atomic mass is 9.52. The first-order valence-electron chi connectivity index (χ1n) is 6.66. The molecule has 2 N–H and O–H groups in total. The molecule has 0 aromatic heterocycles. The van der Waals surface area contributed by atoms with Gasteiger partial charge in [0.1, 0.15) is 5.75 Å². The predicted molar refractivity (Wildman–Crippen MR) is 67.7 cm³/mol. The number of rotatable bonds is 2. The third kappa shape index (κ3) is 1.53. The van der Waals surface area contributed by atoms with Crippen LogP contribution in [0.25, 0.3) is 0 Å². The lowest BCUT2D eigenvalue weighted by Crippen LogP contribution is -2.46. The molecule has 1 spiro atoms. The first kappa shape index (κ1) is 11.6. The first-order valence-corrected chi connectivity index (χ1v) is 6.66. The molecule has 18 heavy (non-hydrogen) atoms. The molecule has 0 bridgehead atoms. The number of aryl methyl sites for hydroxylation is 1. The van der Waals surface area contributed by atoms with Gasteiger partial charge in [0.2, 0.25) is 0 Å².